The second kappa shape index (κ2) is 7.97. The summed E-state index contributed by atoms with van der Waals surface area (Å²) in [6, 6.07) is 6.49. The molecule has 1 unspecified atom stereocenters. The van der Waals surface area contributed by atoms with Gasteiger partial charge in [-0.3, -0.25) is 4.68 Å². The number of halogens is 2. The second-order valence-electron chi connectivity index (χ2n) is 5.24. The number of nitrogens with zero attached hydrogens (tertiary/aromatic N) is 2. The molecule has 0 radical (unpaired) electrons. The number of hydrogen-bond donors (Lipinski definition) is 1. The quantitative estimate of drug-likeness (QED) is 0.777. The molecule has 1 atom stereocenters. The normalized spacial score (nSPS) is 12.6. The van der Waals surface area contributed by atoms with Crippen molar-refractivity contribution in [2.24, 2.45) is 7.05 Å². The maximum absolute atomic E-state index is 6.09. The Balaban J connectivity index is 2.07. The van der Waals surface area contributed by atoms with Crippen molar-refractivity contribution in [1.82, 2.24) is 15.1 Å². The van der Waals surface area contributed by atoms with Crippen LogP contribution in [0.4, 0.5) is 0 Å². The van der Waals surface area contributed by atoms with E-state index in [2.05, 4.69) is 51.6 Å². The highest BCUT2D eigenvalue weighted by molar-refractivity contribution is 9.10. The molecule has 2 aromatic rings. The average Bonchev–Trinajstić information content (AvgIpc) is 2.88. The third-order valence-corrected chi connectivity index (χ3v) is 4.68. The SMILES string of the molecule is CCCNC(CCc1cnn(C)c1)c1ccc(Cl)c(Br)c1. The van der Waals surface area contributed by atoms with Crippen LogP contribution in [0.25, 0.3) is 0 Å². The Kier molecular flexibility index (Phi) is 6.27. The zero-order valence-electron chi connectivity index (χ0n) is 12.4. The summed E-state index contributed by atoms with van der Waals surface area (Å²) < 4.78 is 2.80. The predicted octanol–water partition coefficient (Wildman–Crippen LogP) is 4.51. The molecule has 1 aromatic carbocycles. The molecule has 21 heavy (non-hydrogen) atoms. The fourth-order valence-corrected chi connectivity index (χ4v) is 2.86. The van der Waals surface area contributed by atoms with Crippen molar-refractivity contribution in [1.29, 1.82) is 0 Å². The van der Waals surface area contributed by atoms with Crippen LogP contribution in [0.1, 0.15) is 36.9 Å². The average molecular weight is 371 g/mol. The third kappa shape index (κ3) is 4.83. The van der Waals surface area contributed by atoms with E-state index in [1.54, 1.807) is 0 Å². The molecule has 114 valence electrons. The number of aryl methyl sites for hydroxylation is 2. The maximum atomic E-state index is 6.09. The Morgan fingerprint density at radius 3 is 2.86 bits per heavy atom. The van der Waals surface area contributed by atoms with Crippen LogP contribution < -0.4 is 5.32 Å². The van der Waals surface area contributed by atoms with Gasteiger partial charge in [0.2, 0.25) is 0 Å². The lowest BCUT2D eigenvalue weighted by molar-refractivity contribution is 0.499. The Hall–Kier alpha value is -0.840. The van der Waals surface area contributed by atoms with Gasteiger partial charge in [0.25, 0.3) is 0 Å². The van der Waals surface area contributed by atoms with Crippen molar-refractivity contribution in [3.8, 4) is 0 Å². The fourth-order valence-electron chi connectivity index (χ4n) is 2.35. The fraction of sp³-hybridized carbons (Fsp3) is 0.438. The highest BCUT2D eigenvalue weighted by atomic mass is 79.9. The molecule has 0 bridgehead atoms. The van der Waals surface area contributed by atoms with Crippen LogP contribution >= 0.6 is 27.5 Å². The van der Waals surface area contributed by atoms with E-state index in [9.17, 15) is 0 Å². The van der Waals surface area contributed by atoms with Crippen molar-refractivity contribution in [2.45, 2.75) is 32.2 Å². The zero-order valence-corrected chi connectivity index (χ0v) is 14.8. The zero-order chi connectivity index (χ0) is 15.2. The summed E-state index contributed by atoms with van der Waals surface area (Å²) in [4.78, 5) is 0. The van der Waals surface area contributed by atoms with E-state index in [1.165, 1.54) is 11.1 Å². The van der Waals surface area contributed by atoms with Crippen LogP contribution in [0, 0.1) is 0 Å². The smallest absolute Gasteiger partial charge is 0.0548 e. The second-order valence-corrected chi connectivity index (χ2v) is 6.50. The van der Waals surface area contributed by atoms with Crippen LogP contribution in [0.2, 0.25) is 5.02 Å². The van der Waals surface area contributed by atoms with E-state index < -0.39 is 0 Å². The van der Waals surface area contributed by atoms with E-state index in [-0.39, 0.29) is 0 Å². The van der Waals surface area contributed by atoms with Crippen LogP contribution in [-0.2, 0) is 13.5 Å². The molecular formula is C16H21BrClN3. The Morgan fingerprint density at radius 2 is 2.24 bits per heavy atom. The molecule has 1 aromatic heterocycles. The summed E-state index contributed by atoms with van der Waals surface area (Å²) in [6.07, 6.45) is 7.19. The highest BCUT2D eigenvalue weighted by Gasteiger charge is 2.12. The summed E-state index contributed by atoms with van der Waals surface area (Å²) in [7, 11) is 1.95. The monoisotopic (exact) mass is 369 g/mol. The Labute approximate surface area is 139 Å². The number of benzene rings is 1. The first kappa shape index (κ1) is 16.5. The summed E-state index contributed by atoms with van der Waals surface area (Å²) in [5.41, 5.74) is 2.54. The summed E-state index contributed by atoms with van der Waals surface area (Å²) >= 11 is 9.60. The van der Waals surface area contributed by atoms with Gasteiger partial charge in [-0.2, -0.15) is 5.10 Å². The van der Waals surface area contributed by atoms with Crippen molar-refractivity contribution < 1.29 is 0 Å². The summed E-state index contributed by atoms with van der Waals surface area (Å²) in [5.74, 6) is 0. The molecule has 3 nitrogen and oxygen atoms in total. The lowest BCUT2D eigenvalue weighted by Gasteiger charge is -2.19. The molecule has 0 aliphatic rings. The van der Waals surface area contributed by atoms with E-state index in [4.69, 9.17) is 11.6 Å². The van der Waals surface area contributed by atoms with Crippen LogP contribution in [-0.4, -0.2) is 16.3 Å². The molecular weight excluding hydrogens is 350 g/mol. The van der Waals surface area contributed by atoms with Crippen molar-refractivity contribution >= 4 is 27.5 Å². The van der Waals surface area contributed by atoms with Crippen molar-refractivity contribution in [3.05, 3.63) is 51.2 Å². The number of aromatic nitrogens is 2. The minimum absolute atomic E-state index is 0.332. The molecule has 0 fully saturated rings. The molecule has 5 heteroatoms. The summed E-state index contributed by atoms with van der Waals surface area (Å²) in [5, 5.41) is 8.60. The van der Waals surface area contributed by atoms with Gasteiger partial charge in [0.05, 0.1) is 11.2 Å². The lowest BCUT2D eigenvalue weighted by atomic mass is 10.00. The molecule has 1 N–H and O–H groups in total. The summed E-state index contributed by atoms with van der Waals surface area (Å²) in [6.45, 7) is 3.20. The van der Waals surface area contributed by atoms with Gasteiger partial charge in [-0.05, 0) is 65.0 Å². The van der Waals surface area contributed by atoms with Crippen molar-refractivity contribution in [3.63, 3.8) is 0 Å². The van der Waals surface area contributed by atoms with Crippen LogP contribution in [0.3, 0.4) is 0 Å². The van der Waals surface area contributed by atoms with Crippen molar-refractivity contribution in [2.75, 3.05) is 6.54 Å². The predicted molar refractivity (Wildman–Crippen MR) is 91.7 cm³/mol. The minimum Gasteiger partial charge on any atom is -0.310 e. The van der Waals surface area contributed by atoms with Gasteiger partial charge in [0.1, 0.15) is 0 Å². The van der Waals surface area contributed by atoms with Gasteiger partial charge in [0.15, 0.2) is 0 Å². The van der Waals surface area contributed by atoms with E-state index in [1.807, 2.05) is 24.0 Å². The largest absolute Gasteiger partial charge is 0.310 e. The standard InChI is InChI=1S/C16H21BrClN3/c1-3-8-19-16(7-4-12-10-20-21(2)11-12)13-5-6-15(18)14(17)9-13/h5-6,9-11,16,19H,3-4,7-8H2,1-2H3. The molecule has 2 rings (SSSR count). The van der Waals surface area contributed by atoms with E-state index in [0.29, 0.717) is 6.04 Å². The molecule has 0 saturated heterocycles. The molecule has 0 spiro atoms. The lowest BCUT2D eigenvalue weighted by Crippen LogP contribution is -2.22. The number of rotatable bonds is 7. The molecule has 0 aliphatic heterocycles. The van der Waals surface area contributed by atoms with Gasteiger partial charge in [-0.1, -0.05) is 24.6 Å². The van der Waals surface area contributed by atoms with E-state index in [0.717, 1.165) is 35.3 Å². The molecule has 0 amide bonds. The van der Waals surface area contributed by atoms with Gasteiger partial charge < -0.3 is 5.32 Å². The van der Waals surface area contributed by atoms with Gasteiger partial charge in [-0.25, -0.2) is 0 Å². The van der Waals surface area contributed by atoms with Gasteiger partial charge in [-0.15, -0.1) is 0 Å². The number of hydrogen-bond acceptors (Lipinski definition) is 2. The number of nitrogens with one attached hydrogen (secondary N) is 1. The first-order valence-electron chi connectivity index (χ1n) is 7.26. The van der Waals surface area contributed by atoms with E-state index >= 15 is 0 Å². The Bertz CT molecular complexity index is 583. The molecule has 0 saturated carbocycles. The van der Waals surface area contributed by atoms with Gasteiger partial charge >= 0.3 is 0 Å². The highest BCUT2D eigenvalue weighted by Crippen LogP contribution is 2.28. The maximum Gasteiger partial charge on any atom is 0.0548 e. The van der Waals surface area contributed by atoms with Gasteiger partial charge in [0, 0.05) is 23.8 Å². The molecule has 0 aliphatic carbocycles. The van der Waals surface area contributed by atoms with Crippen LogP contribution in [0.15, 0.2) is 35.1 Å². The topological polar surface area (TPSA) is 29.9 Å². The first-order chi connectivity index (χ1) is 10.1. The van der Waals surface area contributed by atoms with Crippen LogP contribution in [0.5, 0.6) is 0 Å². The first-order valence-corrected chi connectivity index (χ1v) is 8.43. The minimum atomic E-state index is 0.332. The molecule has 1 heterocycles. The Morgan fingerprint density at radius 1 is 1.43 bits per heavy atom. The third-order valence-electron chi connectivity index (χ3n) is 3.47.